The van der Waals surface area contributed by atoms with Gasteiger partial charge in [-0.05, 0) is 25.5 Å². The minimum Gasteiger partial charge on any atom is -0.326 e. The first kappa shape index (κ1) is 14.0. The SMILES string of the molecule is Cc1cc(S(=O)(=O)Nc2cn(C)nc2C)sc1CN. The topological polar surface area (TPSA) is 90.0 Å². The van der Waals surface area contributed by atoms with Crippen LogP contribution in [0, 0.1) is 13.8 Å². The zero-order chi connectivity index (χ0) is 14.2. The van der Waals surface area contributed by atoms with Crippen LogP contribution in [0.15, 0.2) is 16.5 Å². The Bertz CT molecular complexity index is 700. The number of sulfonamides is 1. The molecule has 2 aromatic heterocycles. The van der Waals surface area contributed by atoms with Crippen LogP contribution in [-0.2, 0) is 23.6 Å². The number of aryl methyl sites for hydroxylation is 3. The highest BCUT2D eigenvalue weighted by atomic mass is 32.2. The number of nitrogens with two attached hydrogens (primary N) is 1. The normalized spacial score (nSPS) is 11.8. The molecule has 0 bridgehead atoms. The van der Waals surface area contributed by atoms with Gasteiger partial charge in [0.05, 0.1) is 11.4 Å². The molecule has 0 fully saturated rings. The van der Waals surface area contributed by atoms with Crippen LogP contribution in [-0.4, -0.2) is 18.2 Å². The summed E-state index contributed by atoms with van der Waals surface area (Å²) in [6.45, 7) is 3.95. The van der Waals surface area contributed by atoms with Gasteiger partial charge in [-0.3, -0.25) is 9.40 Å². The van der Waals surface area contributed by atoms with Gasteiger partial charge in [-0.25, -0.2) is 8.42 Å². The number of nitrogens with one attached hydrogen (secondary N) is 1. The third-order valence-corrected chi connectivity index (χ3v) is 5.80. The lowest BCUT2D eigenvalue weighted by Gasteiger charge is -2.03. The van der Waals surface area contributed by atoms with Gasteiger partial charge < -0.3 is 5.73 Å². The Labute approximate surface area is 116 Å². The summed E-state index contributed by atoms with van der Waals surface area (Å²) in [5.41, 5.74) is 7.59. The van der Waals surface area contributed by atoms with Crippen LogP contribution < -0.4 is 10.5 Å². The van der Waals surface area contributed by atoms with E-state index >= 15 is 0 Å². The highest BCUT2D eigenvalue weighted by Crippen LogP contribution is 2.27. The molecule has 0 radical (unpaired) electrons. The zero-order valence-electron chi connectivity index (χ0n) is 11.0. The van der Waals surface area contributed by atoms with E-state index in [-0.39, 0.29) is 4.21 Å². The molecule has 6 nitrogen and oxygen atoms in total. The molecular formula is C11H16N4O2S2. The monoisotopic (exact) mass is 300 g/mol. The zero-order valence-corrected chi connectivity index (χ0v) is 12.6. The second-order valence-electron chi connectivity index (χ2n) is 4.28. The van der Waals surface area contributed by atoms with Gasteiger partial charge in [-0.1, -0.05) is 0 Å². The molecule has 104 valence electrons. The Kier molecular flexibility index (Phi) is 3.66. The molecule has 2 heterocycles. The predicted molar refractivity (Wildman–Crippen MR) is 75.7 cm³/mol. The second kappa shape index (κ2) is 4.95. The third-order valence-electron chi connectivity index (χ3n) is 2.71. The van der Waals surface area contributed by atoms with Gasteiger partial charge >= 0.3 is 0 Å². The van der Waals surface area contributed by atoms with Crippen molar-refractivity contribution in [3.05, 3.63) is 28.4 Å². The van der Waals surface area contributed by atoms with Crippen molar-refractivity contribution in [3.63, 3.8) is 0 Å². The molecule has 0 saturated carbocycles. The average Bonchev–Trinajstić information content (AvgIpc) is 2.82. The van der Waals surface area contributed by atoms with E-state index in [9.17, 15) is 8.42 Å². The lowest BCUT2D eigenvalue weighted by molar-refractivity contribution is 0.603. The molecule has 0 amide bonds. The van der Waals surface area contributed by atoms with E-state index < -0.39 is 10.0 Å². The summed E-state index contributed by atoms with van der Waals surface area (Å²) < 4.78 is 28.9. The van der Waals surface area contributed by atoms with Crippen molar-refractivity contribution in [2.24, 2.45) is 12.8 Å². The van der Waals surface area contributed by atoms with Crippen LogP contribution in [0.4, 0.5) is 5.69 Å². The molecular weight excluding hydrogens is 284 g/mol. The fraction of sp³-hybridized carbons (Fsp3) is 0.364. The molecule has 0 aliphatic rings. The van der Waals surface area contributed by atoms with Crippen molar-refractivity contribution in [2.45, 2.75) is 24.6 Å². The standard InChI is InChI=1S/C11H16N4O2S2/c1-7-4-11(18-10(7)5-12)19(16,17)14-9-6-15(3)13-8(9)2/h4,6,14H,5,12H2,1-3H3. The van der Waals surface area contributed by atoms with Crippen molar-refractivity contribution < 1.29 is 8.42 Å². The minimum absolute atomic E-state index is 0.272. The molecule has 0 aromatic carbocycles. The Morgan fingerprint density at radius 1 is 1.47 bits per heavy atom. The van der Waals surface area contributed by atoms with Crippen molar-refractivity contribution >= 4 is 27.0 Å². The highest BCUT2D eigenvalue weighted by Gasteiger charge is 2.20. The lowest BCUT2D eigenvalue weighted by atomic mass is 10.3. The van der Waals surface area contributed by atoms with Crippen molar-refractivity contribution in [1.29, 1.82) is 0 Å². The molecule has 0 aliphatic carbocycles. The Morgan fingerprint density at radius 2 is 2.16 bits per heavy atom. The van der Waals surface area contributed by atoms with Crippen LogP contribution in [0.2, 0.25) is 0 Å². The molecule has 2 aromatic rings. The predicted octanol–water partition coefficient (Wildman–Crippen LogP) is 1.36. The molecule has 0 saturated heterocycles. The van der Waals surface area contributed by atoms with Gasteiger partial charge in [0.2, 0.25) is 0 Å². The summed E-state index contributed by atoms with van der Waals surface area (Å²) in [7, 11) is -1.83. The quantitative estimate of drug-likeness (QED) is 0.892. The summed E-state index contributed by atoms with van der Waals surface area (Å²) in [6.07, 6.45) is 1.64. The first-order chi connectivity index (χ1) is 8.83. The van der Waals surface area contributed by atoms with Gasteiger partial charge in [-0.2, -0.15) is 5.10 Å². The molecule has 19 heavy (non-hydrogen) atoms. The summed E-state index contributed by atoms with van der Waals surface area (Å²) in [5, 5.41) is 4.10. The number of aromatic nitrogens is 2. The fourth-order valence-corrected chi connectivity index (χ4v) is 4.29. The summed E-state index contributed by atoms with van der Waals surface area (Å²) in [4.78, 5) is 0.878. The molecule has 8 heteroatoms. The minimum atomic E-state index is -3.57. The molecule has 0 atom stereocenters. The summed E-state index contributed by atoms with van der Waals surface area (Å²) >= 11 is 1.20. The van der Waals surface area contributed by atoms with Crippen molar-refractivity contribution in [1.82, 2.24) is 9.78 Å². The van der Waals surface area contributed by atoms with Crippen molar-refractivity contribution in [3.8, 4) is 0 Å². The number of thiophene rings is 1. The first-order valence-electron chi connectivity index (χ1n) is 5.66. The van der Waals surface area contributed by atoms with E-state index in [0.717, 1.165) is 10.4 Å². The molecule has 2 rings (SSSR count). The summed E-state index contributed by atoms with van der Waals surface area (Å²) in [6, 6.07) is 1.64. The Balaban J connectivity index is 2.34. The molecule has 0 spiro atoms. The lowest BCUT2D eigenvalue weighted by Crippen LogP contribution is -2.11. The number of nitrogens with zero attached hydrogens (tertiary/aromatic N) is 2. The van der Waals surface area contributed by atoms with Gasteiger partial charge in [0.15, 0.2) is 0 Å². The van der Waals surface area contributed by atoms with E-state index in [1.165, 1.54) is 11.3 Å². The van der Waals surface area contributed by atoms with E-state index in [1.54, 1.807) is 30.9 Å². The maximum Gasteiger partial charge on any atom is 0.271 e. The van der Waals surface area contributed by atoms with Crippen LogP contribution in [0.1, 0.15) is 16.1 Å². The van der Waals surface area contributed by atoms with Gasteiger partial charge in [-0.15, -0.1) is 11.3 Å². The van der Waals surface area contributed by atoms with E-state index in [2.05, 4.69) is 9.82 Å². The number of rotatable bonds is 4. The van der Waals surface area contributed by atoms with Gasteiger partial charge in [0.1, 0.15) is 4.21 Å². The number of anilines is 1. The van der Waals surface area contributed by atoms with E-state index in [0.29, 0.717) is 17.9 Å². The average molecular weight is 300 g/mol. The van der Waals surface area contributed by atoms with Crippen molar-refractivity contribution in [2.75, 3.05) is 4.72 Å². The largest absolute Gasteiger partial charge is 0.326 e. The Hall–Kier alpha value is -1.38. The van der Waals surface area contributed by atoms with Crippen LogP contribution in [0.25, 0.3) is 0 Å². The Morgan fingerprint density at radius 3 is 2.63 bits per heavy atom. The fourth-order valence-electron chi connectivity index (χ4n) is 1.72. The maximum atomic E-state index is 12.3. The van der Waals surface area contributed by atoms with Crippen LogP contribution >= 0.6 is 11.3 Å². The van der Waals surface area contributed by atoms with Gasteiger partial charge in [0, 0.05) is 24.7 Å². The smallest absolute Gasteiger partial charge is 0.271 e. The van der Waals surface area contributed by atoms with E-state index in [4.69, 9.17) is 5.73 Å². The third kappa shape index (κ3) is 2.80. The first-order valence-corrected chi connectivity index (χ1v) is 7.96. The molecule has 3 N–H and O–H groups in total. The summed E-state index contributed by atoms with van der Waals surface area (Å²) in [5.74, 6) is 0. The van der Waals surface area contributed by atoms with Crippen LogP contribution in [0.3, 0.4) is 0 Å². The molecule has 0 unspecified atom stereocenters. The van der Waals surface area contributed by atoms with Gasteiger partial charge in [0.25, 0.3) is 10.0 Å². The van der Waals surface area contributed by atoms with Crippen LogP contribution in [0.5, 0.6) is 0 Å². The maximum absolute atomic E-state index is 12.3. The number of hydrogen-bond acceptors (Lipinski definition) is 5. The molecule has 0 aliphatic heterocycles. The van der Waals surface area contributed by atoms with E-state index in [1.807, 2.05) is 6.92 Å². The number of hydrogen-bond donors (Lipinski definition) is 2. The second-order valence-corrected chi connectivity index (χ2v) is 7.33. The highest BCUT2D eigenvalue weighted by molar-refractivity contribution is 7.94.